The molecule has 0 saturated heterocycles. The first kappa shape index (κ1) is 14.2. The van der Waals surface area contributed by atoms with E-state index in [1.165, 1.54) is 0 Å². The first-order valence-corrected chi connectivity index (χ1v) is 12.6. The number of hydrogen-bond acceptors (Lipinski definition) is 2. The average molecular weight is 525 g/mol. The van der Waals surface area contributed by atoms with Crippen molar-refractivity contribution in [1.29, 1.82) is 0 Å². The summed E-state index contributed by atoms with van der Waals surface area (Å²) in [6.45, 7) is 0. The van der Waals surface area contributed by atoms with Gasteiger partial charge in [-0.05, 0) is 69.3 Å². The molecule has 0 radical (unpaired) electrons. The highest BCUT2D eigenvalue weighted by atomic mass is 15.1. The standard InChI is InChI=1S/C38H28N2/c39-31-22-25-33(36(26-31)29-10-2-1-3-11-29)30-20-23-32(24-21-30)40(37-18-8-14-27-12-4-6-16-34(27)37)38-19-9-15-28-13-5-7-17-35(28)38/h1-26H,39H2/i1D,2D,3D,10D,11D,20D,21D,22D,23D,24D,25D,26D. The second-order valence-corrected chi connectivity index (χ2v) is 9.09. The molecule has 0 aromatic heterocycles. The Morgan fingerprint density at radius 1 is 0.500 bits per heavy atom. The van der Waals surface area contributed by atoms with Gasteiger partial charge in [-0.2, -0.15) is 0 Å². The summed E-state index contributed by atoms with van der Waals surface area (Å²) in [5.41, 5.74) is 4.63. The van der Waals surface area contributed by atoms with Crippen LogP contribution in [-0.4, -0.2) is 0 Å². The second-order valence-electron chi connectivity index (χ2n) is 9.09. The van der Waals surface area contributed by atoms with Crippen LogP contribution in [0.4, 0.5) is 22.7 Å². The second kappa shape index (κ2) is 10.1. The molecular weight excluding hydrogens is 484 g/mol. The number of anilines is 4. The van der Waals surface area contributed by atoms with Crippen LogP contribution < -0.4 is 10.6 Å². The Kier molecular flexibility index (Phi) is 3.57. The van der Waals surface area contributed by atoms with Crippen molar-refractivity contribution in [1.82, 2.24) is 0 Å². The van der Waals surface area contributed by atoms with Crippen LogP contribution in [0.3, 0.4) is 0 Å². The molecule has 7 aromatic carbocycles. The zero-order chi connectivity index (χ0) is 37.3. The lowest BCUT2D eigenvalue weighted by molar-refractivity contribution is 1.31. The third-order valence-electron chi connectivity index (χ3n) is 6.68. The van der Waals surface area contributed by atoms with Crippen molar-refractivity contribution < 1.29 is 16.4 Å². The monoisotopic (exact) mass is 524 g/mol. The molecule has 0 unspecified atom stereocenters. The molecule has 0 aliphatic rings. The van der Waals surface area contributed by atoms with Gasteiger partial charge >= 0.3 is 0 Å². The van der Waals surface area contributed by atoms with Crippen molar-refractivity contribution in [2.75, 3.05) is 10.6 Å². The summed E-state index contributed by atoms with van der Waals surface area (Å²) in [5, 5.41) is 3.28. The van der Waals surface area contributed by atoms with Crippen LogP contribution in [0.15, 0.2) is 157 Å². The Labute approximate surface area is 251 Å². The van der Waals surface area contributed by atoms with Crippen LogP contribution in [0.2, 0.25) is 0 Å². The van der Waals surface area contributed by atoms with Crippen LogP contribution >= 0.6 is 0 Å². The topological polar surface area (TPSA) is 29.3 Å². The summed E-state index contributed by atoms with van der Waals surface area (Å²) in [6, 6.07) is 18.4. The molecule has 0 spiro atoms. The predicted molar refractivity (Wildman–Crippen MR) is 171 cm³/mol. The molecule has 2 nitrogen and oxygen atoms in total. The van der Waals surface area contributed by atoms with Crippen LogP contribution in [0, 0.1) is 0 Å². The molecular formula is C38H28N2. The molecule has 0 fully saturated rings. The first-order valence-electron chi connectivity index (χ1n) is 18.6. The fraction of sp³-hybridized carbons (Fsp3) is 0. The quantitative estimate of drug-likeness (QED) is 0.227. The Balaban J connectivity index is 1.62. The number of hydrogen-bond donors (Lipinski definition) is 1. The zero-order valence-corrected chi connectivity index (χ0v) is 21.1. The first-order chi connectivity index (χ1) is 24.8. The van der Waals surface area contributed by atoms with E-state index in [1.54, 1.807) is 4.90 Å². The summed E-state index contributed by atoms with van der Waals surface area (Å²) in [7, 11) is 0. The fourth-order valence-corrected chi connectivity index (χ4v) is 4.89. The molecule has 0 amide bonds. The minimum atomic E-state index is -0.725. The van der Waals surface area contributed by atoms with E-state index in [9.17, 15) is 5.48 Å². The van der Waals surface area contributed by atoms with Crippen LogP contribution in [0.5, 0.6) is 0 Å². The normalized spacial score (nSPS) is 15.3. The molecule has 2 N–H and O–H groups in total. The van der Waals surface area contributed by atoms with Gasteiger partial charge in [-0.15, -0.1) is 0 Å². The van der Waals surface area contributed by atoms with Crippen molar-refractivity contribution in [3.05, 3.63) is 157 Å². The molecule has 40 heavy (non-hydrogen) atoms. The van der Waals surface area contributed by atoms with E-state index in [1.807, 2.05) is 84.9 Å². The highest BCUT2D eigenvalue weighted by molar-refractivity contribution is 6.04. The van der Waals surface area contributed by atoms with Gasteiger partial charge in [0.05, 0.1) is 27.8 Å². The molecule has 0 saturated carbocycles. The van der Waals surface area contributed by atoms with E-state index in [2.05, 4.69) is 0 Å². The van der Waals surface area contributed by atoms with Crippen LogP contribution in [0.25, 0.3) is 43.8 Å². The third-order valence-corrected chi connectivity index (χ3v) is 6.68. The van der Waals surface area contributed by atoms with Gasteiger partial charge in [0.15, 0.2) is 0 Å². The van der Waals surface area contributed by atoms with E-state index < -0.39 is 100 Å². The molecule has 0 aliphatic carbocycles. The molecule has 2 heteroatoms. The van der Waals surface area contributed by atoms with E-state index in [4.69, 9.17) is 16.7 Å². The smallest absolute Gasteiger partial charge is 0.0651 e. The summed E-state index contributed by atoms with van der Waals surface area (Å²) < 4.78 is 106. The minimum Gasteiger partial charge on any atom is -0.399 e. The van der Waals surface area contributed by atoms with E-state index in [0.29, 0.717) is 11.4 Å². The number of fused-ring (bicyclic) bond motifs is 2. The van der Waals surface area contributed by atoms with Crippen molar-refractivity contribution in [2.24, 2.45) is 0 Å². The van der Waals surface area contributed by atoms with Gasteiger partial charge in [0, 0.05) is 22.1 Å². The van der Waals surface area contributed by atoms with Crippen molar-refractivity contribution in [3.63, 3.8) is 0 Å². The minimum absolute atomic E-state index is 0.116. The Bertz CT molecular complexity index is 2490. The summed E-state index contributed by atoms with van der Waals surface area (Å²) >= 11 is 0. The van der Waals surface area contributed by atoms with Crippen LogP contribution in [-0.2, 0) is 0 Å². The number of nitrogens with two attached hydrogens (primary N) is 1. The van der Waals surface area contributed by atoms with Gasteiger partial charge in [-0.3, -0.25) is 0 Å². The summed E-state index contributed by atoms with van der Waals surface area (Å²) in [4.78, 5) is 1.67. The van der Waals surface area contributed by atoms with Gasteiger partial charge in [0.2, 0.25) is 0 Å². The summed E-state index contributed by atoms with van der Waals surface area (Å²) in [5.74, 6) is 0. The largest absolute Gasteiger partial charge is 0.399 e. The number of rotatable bonds is 5. The Morgan fingerprint density at radius 3 is 1.68 bits per heavy atom. The molecule has 0 atom stereocenters. The van der Waals surface area contributed by atoms with E-state index in [-0.39, 0.29) is 5.69 Å². The van der Waals surface area contributed by atoms with Crippen molar-refractivity contribution in [3.8, 4) is 22.3 Å². The lowest BCUT2D eigenvalue weighted by Crippen LogP contribution is -2.11. The van der Waals surface area contributed by atoms with Gasteiger partial charge in [0.1, 0.15) is 0 Å². The average Bonchev–Trinajstić information content (AvgIpc) is 3.16. The fourth-order valence-electron chi connectivity index (χ4n) is 4.89. The Morgan fingerprint density at radius 2 is 1.05 bits per heavy atom. The molecule has 0 heterocycles. The highest BCUT2D eigenvalue weighted by Gasteiger charge is 2.18. The molecule has 0 bridgehead atoms. The summed E-state index contributed by atoms with van der Waals surface area (Å²) in [6.07, 6.45) is 0. The maximum absolute atomic E-state index is 9.47. The number of nitrogens with zero attached hydrogens (tertiary/aromatic N) is 1. The zero-order valence-electron chi connectivity index (χ0n) is 33.1. The third kappa shape index (κ3) is 4.26. The van der Waals surface area contributed by atoms with Gasteiger partial charge in [-0.1, -0.05) is 121 Å². The van der Waals surface area contributed by atoms with Crippen molar-refractivity contribution >= 4 is 44.3 Å². The maximum atomic E-state index is 9.47. The van der Waals surface area contributed by atoms with E-state index >= 15 is 0 Å². The van der Waals surface area contributed by atoms with Gasteiger partial charge < -0.3 is 10.6 Å². The predicted octanol–water partition coefficient (Wildman–Crippen LogP) is 10.4. The lowest BCUT2D eigenvalue weighted by atomic mass is 9.94. The van der Waals surface area contributed by atoms with Gasteiger partial charge in [-0.25, -0.2) is 0 Å². The molecule has 190 valence electrons. The molecule has 7 rings (SSSR count). The lowest BCUT2D eigenvalue weighted by Gasteiger charge is -2.28. The number of benzene rings is 7. The Hall–Kier alpha value is -5.34. The van der Waals surface area contributed by atoms with E-state index in [0.717, 1.165) is 21.5 Å². The van der Waals surface area contributed by atoms with Crippen molar-refractivity contribution in [2.45, 2.75) is 0 Å². The molecule has 7 aromatic rings. The number of nitrogen functional groups attached to an aromatic ring is 1. The maximum Gasteiger partial charge on any atom is 0.0651 e. The molecule has 0 aliphatic heterocycles. The SMILES string of the molecule is [2H]c1c([2H])c([2H])c(-c2c([2H])c(N)c([2H])c([2H])c2-c2c([2H])c([2H])c(N(c3cccc4ccccc34)c3cccc4ccccc34)c([2H])c2[2H])c([2H])c1[2H]. The highest BCUT2D eigenvalue weighted by Crippen LogP contribution is 2.43. The van der Waals surface area contributed by atoms with Crippen LogP contribution in [0.1, 0.15) is 16.4 Å². The van der Waals surface area contributed by atoms with Gasteiger partial charge in [0.25, 0.3) is 0 Å².